The summed E-state index contributed by atoms with van der Waals surface area (Å²) >= 11 is 0. The molecule has 2 aromatic heterocycles. The number of nitrogens with one attached hydrogen (secondary N) is 1. The molecule has 35 heavy (non-hydrogen) atoms. The molecule has 8 heteroatoms. The quantitative estimate of drug-likeness (QED) is 0.343. The largest absolute Gasteiger partial charge is 0.373 e. The fourth-order valence-electron chi connectivity index (χ4n) is 4.58. The van der Waals surface area contributed by atoms with Crippen molar-refractivity contribution in [2.75, 3.05) is 18.9 Å². The van der Waals surface area contributed by atoms with Gasteiger partial charge in [0.25, 0.3) is 5.91 Å². The summed E-state index contributed by atoms with van der Waals surface area (Å²) in [7, 11) is 1.74. The summed E-state index contributed by atoms with van der Waals surface area (Å²) in [6, 6.07) is 16.1. The molecule has 0 saturated carbocycles. The second-order valence-electron chi connectivity index (χ2n) is 8.43. The third kappa shape index (κ3) is 4.07. The molecule has 2 aromatic carbocycles. The van der Waals surface area contributed by atoms with Gasteiger partial charge in [-0.3, -0.25) is 9.59 Å². The van der Waals surface area contributed by atoms with Crippen LogP contribution >= 0.6 is 0 Å². The lowest BCUT2D eigenvalue weighted by atomic mass is 9.93. The number of fused-ring (bicyclic) bond motifs is 2. The van der Waals surface area contributed by atoms with Gasteiger partial charge in [-0.15, -0.1) is 0 Å². The lowest BCUT2D eigenvalue weighted by Gasteiger charge is -2.35. The van der Waals surface area contributed by atoms with Crippen LogP contribution in [0.3, 0.4) is 0 Å². The average Bonchev–Trinajstić information content (AvgIpc) is 3.31. The Balaban J connectivity index is 1.51. The van der Waals surface area contributed by atoms with Crippen LogP contribution in [0.25, 0.3) is 23.0 Å². The number of nitrogens with zero attached hydrogens (tertiary/aromatic N) is 4. The van der Waals surface area contributed by atoms with Gasteiger partial charge in [-0.25, -0.2) is 9.37 Å². The SMILES string of the molecule is CNc1cc(C(=O)N2CCc3ccccc3C2C)nc2cc(-c3ccc(/C=C/C=O)cc3F)nn12. The number of anilines is 1. The van der Waals surface area contributed by atoms with Crippen LogP contribution < -0.4 is 5.32 Å². The zero-order chi connectivity index (χ0) is 24.5. The Morgan fingerprint density at radius 2 is 2.00 bits per heavy atom. The smallest absolute Gasteiger partial charge is 0.273 e. The van der Waals surface area contributed by atoms with E-state index in [1.807, 2.05) is 24.0 Å². The Bertz CT molecular complexity index is 1480. The normalized spacial score (nSPS) is 15.4. The maximum Gasteiger partial charge on any atom is 0.273 e. The van der Waals surface area contributed by atoms with Gasteiger partial charge in [0.2, 0.25) is 0 Å². The first-order chi connectivity index (χ1) is 17.0. The van der Waals surface area contributed by atoms with Gasteiger partial charge < -0.3 is 10.2 Å². The number of benzene rings is 2. The molecule has 0 bridgehead atoms. The molecule has 3 heterocycles. The maximum absolute atomic E-state index is 14.8. The van der Waals surface area contributed by atoms with E-state index >= 15 is 0 Å². The van der Waals surface area contributed by atoms with E-state index in [1.165, 1.54) is 23.8 Å². The molecule has 4 aromatic rings. The predicted octanol–water partition coefficient (Wildman–Crippen LogP) is 4.55. The number of allylic oxidation sites excluding steroid dienone is 1. The van der Waals surface area contributed by atoms with Crippen molar-refractivity contribution in [1.82, 2.24) is 19.5 Å². The third-order valence-electron chi connectivity index (χ3n) is 6.39. The second kappa shape index (κ2) is 9.13. The van der Waals surface area contributed by atoms with E-state index in [9.17, 15) is 14.0 Å². The van der Waals surface area contributed by atoms with Gasteiger partial charge in [0.15, 0.2) is 5.65 Å². The van der Waals surface area contributed by atoms with Crippen molar-refractivity contribution in [3.05, 3.63) is 88.9 Å². The first kappa shape index (κ1) is 22.5. The van der Waals surface area contributed by atoms with Crippen molar-refractivity contribution in [2.45, 2.75) is 19.4 Å². The molecule has 0 fully saturated rings. The monoisotopic (exact) mass is 469 g/mol. The Hall–Kier alpha value is -4.33. The summed E-state index contributed by atoms with van der Waals surface area (Å²) in [5.74, 6) is -0.0589. The Labute approximate surface area is 201 Å². The standard InChI is InChI=1S/C27H24FN5O2/c1-17-20-8-4-3-7-19(20)11-12-32(17)27(35)24-16-25(29-2)33-26(30-24)15-23(31-33)21-10-9-18(6-5-13-34)14-22(21)28/h3-10,13-17,29H,11-12H2,1-2H3/b6-5+. The molecule has 1 amide bonds. The summed E-state index contributed by atoms with van der Waals surface area (Å²) in [4.78, 5) is 30.4. The number of halogens is 1. The molecule has 0 aliphatic carbocycles. The van der Waals surface area contributed by atoms with E-state index in [1.54, 1.807) is 35.8 Å². The van der Waals surface area contributed by atoms with Crippen LogP contribution in [-0.4, -0.2) is 45.3 Å². The van der Waals surface area contributed by atoms with E-state index in [0.29, 0.717) is 46.8 Å². The molecule has 0 spiro atoms. The van der Waals surface area contributed by atoms with E-state index < -0.39 is 5.82 Å². The van der Waals surface area contributed by atoms with E-state index in [-0.39, 0.29) is 11.9 Å². The minimum absolute atomic E-state index is 0.0649. The number of amides is 1. The van der Waals surface area contributed by atoms with Crippen LogP contribution in [-0.2, 0) is 11.2 Å². The molecule has 1 unspecified atom stereocenters. The zero-order valence-corrected chi connectivity index (χ0v) is 19.4. The highest BCUT2D eigenvalue weighted by atomic mass is 19.1. The predicted molar refractivity (Wildman–Crippen MR) is 133 cm³/mol. The molecule has 7 nitrogen and oxygen atoms in total. The van der Waals surface area contributed by atoms with Crippen LogP contribution in [0, 0.1) is 5.82 Å². The van der Waals surface area contributed by atoms with Gasteiger partial charge in [0.1, 0.15) is 23.6 Å². The highest BCUT2D eigenvalue weighted by molar-refractivity contribution is 5.94. The van der Waals surface area contributed by atoms with Gasteiger partial charge in [0, 0.05) is 31.3 Å². The number of aldehydes is 1. The minimum Gasteiger partial charge on any atom is -0.373 e. The number of hydrogen-bond acceptors (Lipinski definition) is 5. The summed E-state index contributed by atoms with van der Waals surface area (Å²) in [5, 5.41) is 7.58. The minimum atomic E-state index is -0.468. The van der Waals surface area contributed by atoms with E-state index in [4.69, 9.17) is 0 Å². The summed E-state index contributed by atoms with van der Waals surface area (Å²) < 4.78 is 16.4. The molecule has 1 atom stereocenters. The molecule has 5 rings (SSSR count). The molecule has 1 N–H and O–H groups in total. The topological polar surface area (TPSA) is 79.6 Å². The summed E-state index contributed by atoms with van der Waals surface area (Å²) in [5.41, 5.74) is 4.41. The number of aromatic nitrogens is 3. The van der Waals surface area contributed by atoms with Crippen LogP contribution in [0.4, 0.5) is 10.2 Å². The van der Waals surface area contributed by atoms with Crippen LogP contribution in [0.15, 0.2) is 60.7 Å². The fourth-order valence-corrected chi connectivity index (χ4v) is 4.58. The van der Waals surface area contributed by atoms with Gasteiger partial charge in [-0.1, -0.05) is 36.4 Å². The van der Waals surface area contributed by atoms with Crippen molar-refractivity contribution >= 4 is 29.7 Å². The maximum atomic E-state index is 14.8. The second-order valence-corrected chi connectivity index (χ2v) is 8.43. The van der Waals surface area contributed by atoms with Gasteiger partial charge in [-0.05, 0) is 48.2 Å². The molecule has 1 aliphatic heterocycles. The lowest BCUT2D eigenvalue weighted by molar-refractivity contribution is -0.104. The zero-order valence-electron chi connectivity index (χ0n) is 19.4. The van der Waals surface area contributed by atoms with Gasteiger partial charge in [0.05, 0.1) is 11.7 Å². The molecule has 1 aliphatic rings. The van der Waals surface area contributed by atoms with Gasteiger partial charge in [-0.2, -0.15) is 9.61 Å². The van der Waals surface area contributed by atoms with Crippen molar-refractivity contribution in [3.63, 3.8) is 0 Å². The number of carbonyl (C=O) groups is 2. The van der Waals surface area contributed by atoms with Crippen LogP contribution in [0.5, 0.6) is 0 Å². The molecule has 176 valence electrons. The molecule has 0 radical (unpaired) electrons. The van der Waals surface area contributed by atoms with Crippen molar-refractivity contribution in [3.8, 4) is 11.3 Å². The molecular formula is C27H24FN5O2. The Morgan fingerprint density at radius 3 is 2.77 bits per heavy atom. The number of rotatable bonds is 5. The third-order valence-corrected chi connectivity index (χ3v) is 6.39. The van der Waals surface area contributed by atoms with E-state index in [2.05, 4.69) is 27.5 Å². The lowest BCUT2D eigenvalue weighted by Crippen LogP contribution is -2.39. The van der Waals surface area contributed by atoms with Crippen molar-refractivity contribution in [1.29, 1.82) is 0 Å². The van der Waals surface area contributed by atoms with E-state index in [0.717, 1.165) is 12.0 Å². The Morgan fingerprint density at radius 1 is 1.17 bits per heavy atom. The summed E-state index contributed by atoms with van der Waals surface area (Å²) in [6.07, 6.45) is 4.27. The van der Waals surface area contributed by atoms with Gasteiger partial charge >= 0.3 is 0 Å². The average molecular weight is 470 g/mol. The highest BCUT2D eigenvalue weighted by Gasteiger charge is 2.29. The number of hydrogen-bond donors (Lipinski definition) is 1. The van der Waals surface area contributed by atoms with Crippen molar-refractivity contribution in [2.24, 2.45) is 0 Å². The number of carbonyl (C=O) groups excluding carboxylic acids is 2. The highest BCUT2D eigenvalue weighted by Crippen LogP contribution is 2.31. The first-order valence-corrected chi connectivity index (χ1v) is 11.4. The molecule has 0 saturated heterocycles. The van der Waals surface area contributed by atoms with Crippen LogP contribution in [0.2, 0.25) is 0 Å². The molecular weight excluding hydrogens is 445 g/mol. The summed E-state index contributed by atoms with van der Waals surface area (Å²) in [6.45, 7) is 2.64. The van der Waals surface area contributed by atoms with Crippen molar-refractivity contribution < 1.29 is 14.0 Å². The Kier molecular flexibility index (Phi) is 5.86. The van der Waals surface area contributed by atoms with Crippen LogP contribution in [0.1, 0.15) is 40.1 Å². The first-order valence-electron chi connectivity index (χ1n) is 11.4. The fraction of sp³-hybridized carbons (Fsp3) is 0.185.